The molecule has 1 aromatic carbocycles. The van der Waals surface area contributed by atoms with Crippen LogP contribution in [0.15, 0.2) is 24.4 Å². The Labute approximate surface area is 140 Å². The fourth-order valence-electron chi connectivity index (χ4n) is 3.03. The number of hydrogen-bond acceptors (Lipinski definition) is 3. The number of anilines is 1. The van der Waals surface area contributed by atoms with Gasteiger partial charge in [-0.2, -0.15) is 5.10 Å². The van der Waals surface area contributed by atoms with Crippen molar-refractivity contribution in [1.29, 1.82) is 0 Å². The van der Waals surface area contributed by atoms with E-state index in [-0.39, 0.29) is 12.5 Å². The van der Waals surface area contributed by atoms with Crippen molar-refractivity contribution in [2.75, 3.05) is 18.1 Å². The van der Waals surface area contributed by atoms with Crippen LogP contribution in [0.1, 0.15) is 23.2 Å². The van der Waals surface area contributed by atoms with Crippen molar-refractivity contribution >= 4 is 23.2 Å². The molecule has 1 amide bonds. The van der Waals surface area contributed by atoms with Crippen molar-refractivity contribution in [2.45, 2.75) is 26.4 Å². The van der Waals surface area contributed by atoms with E-state index in [1.807, 2.05) is 37.1 Å². The summed E-state index contributed by atoms with van der Waals surface area (Å²) in [6, 6.07) is 5.75. The second-order valence-electron chi connectivity index (χ2n) is 5.82. The third kappa shape index (κ3) is 3.41. The number of fused-ring (bicyclic) bond motifs is 1. The third-order valence-corrected chi connectivity index (χ3v) is 4.36. The zero-order valence-corrected chi connectivity index (χ0v) is 14.1. The molecular formula is C17H20ClN3O2. The summed E-state index contributed by atoms with van der Waals surface area (Å²) in [7, 11) is 1.86. The number of aromatic nitrogens is 2. The highest BCUT2D eigenvalue weighted by Gasteiger charge is 2.24. The van der Waals surface area contributed by atoms with Crippen molar-refractivity contribution in [3.8, 4) is 0 Å². The molecule has 0 fully saturated rings. The van der Waals surface area contributed by atoms with E-state index in [2.05, 4.69) is 5.10 Å². The quantitative estimate of drug-likeness (QED) is 0.864. The van der Waals surface area contributed by atoms with Gasteiger partial charge in [0.05, 0.1) is 12.3 Å². The van der Waals surface area contributed by atoms with Crippen molar-refractivity contribution < 1.29 is 9.53 Å². The van der Waals surface area contributed by atoms with Crippen LogP contribution >= 0.6 is 11.6 Å². The zero-order valence-electron chi connectivity index (χ0n) is 13.4. The summed E-state index contributed by atoms with van der Waals surface area (Å²) in [5, 5.41) is 4.81. The van der Waals surface area contributed by atoms with Gasteiger partial charge in [0.1, 0.15) is 6.61 Å². The van der Waals surface area contributed by atoms with E-state index in [1.54, 1.807) is 10.9 Å². The summed E-state index contributed by atoms with van der Waals surface area (Å²) in [5.41, 5.74) is 4.11. The van der Waals surface area contributed by atoms with Crippen LogP contribution in [0.25, 0.3) is 0 Å². The molecule has 0 atom stereocenters. The highest BCUT2D eigenvalue weighted by molar-refractivity contribution is 6.30. The molecule has 2 aromatic rings. The number of hydrogen-bond donors (Lipinski definition) is 0. The minimum Gasteiger partial charge on any atom is -0.365 e. The first-order chi connectivity index (χ1) is 11.1. The van der Waals surface area contributed by atoms with Crippen molar-refractivity contribution in [2.24, 2.45) is 7.05 Å². The molecule has 5 nitrogen and oxygen atoms in total. The molecule has 0 unspecified atom stereocenters. The maximum atomic E-state index is 12.6. The van der Waals surface area contributed by atoms with Crippen molar-refractivity contribution in [3.05, 3.63) is 46.2 Å². The van der Waals surface area contributed by atoms with Crippen LogP contribution < -0.4 is 4.90 Å². The topological polar surface area (TPSA) is 47.4 Å². The summed E-state index contributed by atoms with van der Waals surface area (Å²) in [6.45, 7) is 3.16. The molecule has 3 rings (SSSR count). The number of ether oxygens (including phenoxy) is 1. The van der Waals surface area contributed by atoms with Crippen LogP contribution in [-0.4, -0.2) is 28.8 Å². The number of amides is 1. The lowest BCUT2D eigenvalue weighted by Gasteiger charge is -2.31. The van der Waals surface area contributed by atoms with Gasteiger partial charge in [-0.05, 0) is 49.1 Å². The fourth-order valence-corrected chi connectivity index (χ4v) is 3.33. The molecule has 1 aromatic heterocycles. The number of halogens is 1. The first-order valence-electron chi connectivity index (χ1n) is 7.70. The predicted octanol–water partition coefficient (Wildman–Crippen LogP) is 2.88. The van der Waals surface area contributed by atoms with Crippen LogP contribution in [0.3, 0.4) is 0 Å². The standard InChI is InChI=1S/C17H20ClN3O2/c1-12-8-14(18)9-13-4-3-7-21(17(12)13)16(22)11-23-10-15-5-6-19-20(15)2/h5-6,8-9H,3-4,7,10-11H2,1-2H3. The van der Waals surface area contributed by atoms with E-state index in [1.165, 1.54) is 0 Å². The number of aryl methyl sites for hydroxylation is 3. The largest absolute Gasteiger partial charge is 0.365 e. The van der Waals surface area contributed by atoms with E-state index in [0.717, 1.165) is 46.9 Å². The first-order valence-corrected chi connectivity index (χ1v) is 8.08. The molecule has 23 heavy (non-hydrogen) atoms. The summed E-state index contributed by atoms with van der Waals surface area (Å²) in [6.07, 6.45) is 3.62. The predicted molar refractivity (Wildman–Crippen MR) is 89.7 cm³/mol. The molecule has 0 spiro atoms. The molecule has 0 bridgehead atoms. The fraction of sp³-hybridized carbons (Fsp3) is 0.412. The van der Waals surface area contributed by atoms with Gasteiger partial charge in [-0.1, -0.05) is 11.6 Å². The maximum Gasteiger partial charge on any atom is 0.253 e. The van der Waals surface area contributed by atoms with Crippen LogP contribution in [0.4, 0.5) is 5.69 Å². The van der Waals surface area contributed by atoms with Gasteiger partial charge in [0.15, 0.2) is 0 Å². The van der Waals surface area contributed by atoms with Crippen LogP contribution in [0.2, 0.25) is 5.02 Å². The van der Waals surface area contributed by atoms with Gasteiger partial charge < -0.3 is 9.64 Å². The molecule has 6 heteroatoms. The van der Waals surface area contributed by atoms with Crippen molar-refractivity contribution in [1.82, 2.24) is 9.78 Å². The number of benzene rings is 1. The maximum absolute atomic E-state index is 12.6. The smallest absolute Gasteiger partial charge is 0.253 e. The average Bonchev–Trinajstić information content (AvgIpc) is 2.91. The SMILES string of the molecule is Cc1cc(Cl)cc2c1N(C(=O)COCc1ccnn1C)CCC2. The molecule has 122 valence electrons. The lowest BCUT2D eigenvalue weighted by molar-refractivity contribution is -0.123. The van der Waals surface area contributed by atoms with Gasteiger partial charge >= 0.3 is 0 Å². The molecule has 2 heterocycles. The van der Waals surface area contributed by atoms with E-state index < -0.39 is 0 Å². The van der Waals surface area contributed by atoms with Gasteiger partial charge in [0, 0.05) is 30.5 Å². The van der Waals surface area contributed by atoms with E-state index in [9.17, 15) is 4.79 Å². The number of rotatable bonds is 4. The Hall–Kier alpha value is -1.85. The Bertz CT molecular complexity index is 727. The normalized spacial score (nSPS) is 14.0. The second-order valence-corrected chi connectivity index (χ2v) is 6.25. The Morgan fingerprint density at radius 3 is 3.00 bits per heavy atom. The van der Waals surface area contributed by atoms with E-state index >= 15 is 0 Å². The molecule has 1 aliphatic heterocycles. The molecule has 0 saturated carbocycles. The van der Waals surface area contributed by atoms with Crippen LogP contribution in [0.5, 0.6) is 0 Å². The van der Waals surface area contributed by atoms with Gasteiger partial charge in [0.25, 0.3) is 5.91 Å². The van der Waals surface area contributed by atoms with E-state index in [4.69, 9.17) is 16.3 Å². The van der Waals surface area contributed by atoms with Gasteiger partial charge in [-0.15, -0.1) is 0 Å². The van der Waals surface area contributed by atoms with Crippen LogP contribution in [0, 0.1) is 6.92 Å². The minimum atomic E-state index is -0.0152. The highest BCUT2D eigenvalue weighted by atomic mass is 35.5. The Balaban J connectivity index is 1.68. The monoisotopic (exact) mass is 333 g/mol. The summed E-state index contributed by atoms with van der Waals surface area (Å²) in [4.78, 5) is 14.4. The van der Waals surface area contributed by atoms with Crippen molar-refractivity contribution in [3.63, 3.8) is 0 Å². The number of nitrogens with zero attached hydrogens (tertiary/aromatic N) is 3. The lowest BCUT2D eigenvalue weighted by Crippen LogP contribution is -2.38. The Kier molecular flexibility index (Phi) is 4.68. The highest BCUT2D eigenvalue weighted by Crippen LogP contribution is 2.33. The molecule has 0 aliphatic carbocycles. The molecule has 1 aliphatic rings. The minimum absolute atomic E-state index is 0.0152. The van der Waals surface area contributed by atoms with Crippen LogP contribution in [-0.2, 0) is 29.6 Å². The Morgan fingerprint density at radius 1 is 1.43 bits per heavy atom. The Morgan fingerprint density at radius 2 is 2.26 bits per heavy atom. The summed E-state index contributed by atoms with van der Waals surface area (Å²) < 4.78 is 7.32. The molecule has 0 saturated heterocycles. The average molecular weight is 334 g/mol. The lowest BCUT2D eigenvalue weighted by atomic mass is 9.98. The summed E-state index contributed by atoms with van der Waals surface area (Å²) in [5.74, 6) is -0.0152. The first kappa shape index (κ1) is 16.0. The second kappa shape index (κ2) is 6.72. The number of carbonyl (C=O) groups excluding carboxylic acids is 1. The van der Waals surface area contributed by atoms with E-state index in [0.29, 0.717) is 6.61 Å². The third-order valence-electron chi connectivity index (χ3n) is 4.14. The molecule has 0 N–H and O–H groups in total. The van der Waals surface area contributed by atoms with Gasteiger partial charge in [-0.3, -0.25) is 9.48 Å². The number of carbonyl (C=O) groups is 1. The zero-order chi connectivity index (χ0) is 16.4. The summed E-state index contributed by atoms with van der Waals surface area (Å²) >= 11 is 6.13. The molecular weight excluding hydrogens is 314 g/mol. The molecule has 0 radical (unpaired) electrons. The van der Waals surface area contributed by atoms with Gasteiger partial charge in [0.2, 0.25) is 0 Å². The van der Waals surface area contributed by atoms with Gasteiger partial charge in [-0.25, -0.2) is 0 Å².